The van der Waals surface area contributed by atoms with Crippen molar-refractivity contribution in [2.75, 3.05) is 13.7 Å². The van der Waals surface area contributed by atoms with E-state index in [4.69, 9.17) is 44.3 Å². The van der Waals surface area contributed by atoms with Crippen molar-refractivity contribution in [1.29, 1.82) is 0 Å². The van der Waals surface area contributed by atoms with Crippen LogP contribution in [-0.4, -0.2) is 13.7 Å². The van der Waals surface area contributed by atoms with Gasteiger partial charge in [-0.1, -0.05) is 53.0 Å². The summed E-state index contributed by atoms with van der Waals surface area (Å²) in [6, 6.07) is 17.2. The Morgan fingerprint density at radius 2 is 1.61 bits per heavy atom. The summed E-state index contributed by atoms with van der Waals surface area (Å²) in [5.41, 5.74) is 3.18. The zero-order valence-corrected chi connectivity index (χ0v) is 21.4. The molecule has 0 aromatic heterocycles. The molecule has 0 unspecified atom stereocenters. The zero-order valence-electron chi connectivity index (χ0n) is 16.8. The minimum absolute atomic E-state index is 0. The number of ether oxygens (including phenoxy) is 2. The van der Waals surface area contributed by atoms with Gasteiger partial charge in [0, 0.05) is 21.6 Å². The largest absolute Gasteiger partial charge is 0.493 e. The van der Waals surface area contributed by atoms with Crippen LogP contribution in [0.1, 0.15) is 16.7 Å². The molecule has 0 aliphatic carbocycles. The minimum atomic E-state index is 0. The highest BCUT2D eigenvalue weighted by Gasteiger charge is 2.12. The van der Waals surface area contributed by atoms with Crippen LogP contribution in [0.5, 0.6) is 11.5 Å². The van der Waals surface area contributed by atoms with Gasteiger partial charge in [-0.25, -0.2) is 0 Å². The van der Waals surface area contributed by atoms with Crippen molar-refractivity contribution in [2.45, 2.75) is 19.6 Å². The molecule has 0 aliphatic rings. The lowest BCUT2D eigenvalue weighted by Gasteiger charge is -2.15. The molecule has 8 heteroatoms. The minimum Gasteiger partial charge on any atom is -0.493 e. The number of hydrogen-bond acceptors (Lipinski definition) is 3. The molecule has 0 atom stereocenters. The fourth-order valence-electron chi connectivity index (χ4n) is 2.93. The lowest BCUT2D eigenvalue weighted by atomic mass is 10.1. The highest BCUT2D eigenvalue weighted by atomic mass is 79.9. The SMILES string of the molecule is COc1cc(CNCCc2ccc(Cl)cc2Cl)cc(Br)c1OCc1ccc(Cl)cc1.Cl. The normalized spacial score (nSPS) is 10.5. The Bertz CT molecular complexity index is 1000. The van der Waals surface area contributed by atoms with E-state index >= 15 is 0 Å². The van der Waals surface area contributed by atoms with Crippen LogP contribution in [-0.2, 0) is 19.6 Å². The molecule has 0 bridgehead atoms. The third-order valence-corrected chi connectivity index (χ3v) is 5.93. The van der Waals surface area contributed by atoms with Crippen molar-refractivity contribution in [3.63, 3.8) is 0 Å². The zero-order chi connectivity index (χ0) is 21.5. The topological polar surface area (TPSA) is 30.5 Å². The number of methoxy groups -OCH3 is 1. The van der Waals surface area contributed by atoms with Gasteiger partial charge in [0.1, 0.15) is 6.61 Å². The Hall–Kier alpha value is -1.14. The smallest absolute Gasteiger partial charge is 0.175 e. The maximum atomic E-state index is 6.23. The Labute approximate surface area is 212 Å². The van der Waals surface area contributed by atoms with Crippen LogP contribution >= 0.6 is 63.1 Å². The van der Waals surface area contributed by atoms with E-state index in [1.165, 1.54) is 0 Å². The van der Waals surface area contributed by atoms with Crippen LogP contribution in [0, 0.1) is 0 Å². The van der Waals surface area contributed by atoms with E-state index in [-0.39, 0.29) is 12.4 Å². The fourth-order valence-corrected chi connectivity index (χ4v) is 4.16. The van der Waals surface area contributed by atoms with Crippen LogP contribution in [0.2, 0.25) is 15.1 Å². The average molecular weight is 566 g/mol. The average Bonchev–Trinajstić information content (AvgIpc) is 2.72. The van der Waals surface area contributed by atoms with Crippen molar-refractivity contribution in [3.8, 4) is 11.5 Å². The molecule has 0 radical (unpaired) electrons. The molecule has 0 fully saturated rings. The van der Waals surface area contributed by atoms with E-state index in [1.54, 1.807) is 13.2 Å². The molecule has 166 valence electrons. The Balaban J connectivity index is 0.00000341. The molecule has 0 heterocycles. The maximum Gasteiger partial charge on any atom is 0.175 e. The second-order valence-corrected chi connectivity index (χ2v) is 8.82. The first-order chi connectivity index (χ1) is 14.5. The number of rotatable bonds is 9. The van der Waals surface area contributed by atoms with Crippen LogP contribution in [0.3, 0.4) is 0 Å². The van der Waals surface area contributed by atoms with Gasteiger partial charge in [-0.2, -0.15) is 0 Å². The number of nitrogens with one attached hydrogen (secondary N) is 1. The van der Waals surface area contributed by atoms with Crippen molar-refractivity contribution in [2.24, 2.45) is 0 Å². The predicted octanol–water partition coefficient (Wildman–Crippen LogP) is 7.75. The highest BCUT2D eigenvalue weighted by Crippen LogP contribution is 2.37. The van der Waals surface area contributed by atoms with Gasteiger partial charge in [0.05, 0.1) is 11.6 Å². The maximum absolute atomic E-state index is 6.23. The van der Waals surface area contributed by atoms with E-state index in [2.05, 4.69) is 21.2 Å². The molecule has 0 saturated heterocycles. The summed E-state index contributed by atoms with van der Waals surface area (Å²) < 4.78 is 12.4. The van der Waals surface area contributed by atoms with Crippen molar-refractivity contribution in [3.05, 3.63) is 90.8 Å². The third-order valence-electron chi connectivity index (χ3n) is 4.50. The van der Waals surface area contributed by atoms with Crippen molar-refractivity contribution >= 4 is 63.1 Å². The van der Waals surface area contributed by atoms with Gasteiger partial charge in [-0.15, -0.1) is 12.4 Å². The van der Waals surface area contributed by atoms with Crippen LogP contribution < -0.4 is 14.8 Å². The molecular weight excluding hydrogens is 544 g/mol. The van der Waals surface area contributed by atoms with Gasteiger partial charge >= 0.3 is 0 Å². The fraction of sp³-hybridized carbons (Fsp3) is 0.217. The molecular formula is C23H22BrCl4NO2. The van der Waals surface area contributed by atoms with Crippen LogP contribution in [0.4, 0.5) is 0 Å². The first-order valence-electron chi connectivity index (χ1n) is 9.34. The Kier molecular flexibility index (Phi) is 10.8. The summed E-state index contributed by atoms with van der Waals surface area (Å²) in [7, 11) is 1.64. The third kappa shape index (κ3) is 7.74. The predicted molar refractivity (Wildman–Crippen MR) is 136 cm³/mol. The molecule has 1 N–H and O–H groups in total. The van der Waals surface area contributed by atoms with Crippen molar-refractivity contribution in [1.82, 2.24) is 5.32 Å². The summed E-state index contributed by atoms with van der Waals surface area (Å²) in [5.74, 6) is 1.35. The summed E-state index contributed by atoms with van der Waals surface area (Å²) in [5, 5.41) is 5.47. The van der Waals surface area contributed by atoms with Gasteiger partial charge in [0.2, 0.25) is 0 Å². The number of hydrogen-bond donors (Lipinski definition) is 1. The molecule has 0 aliphatic heterocycles. The molecule has 0 amide bonds. The quantitative estimate of drug-likeness (QED) is 0.269. The second kappa shape index (κ2) is 12.8. The highest BCUT2D eigenvalue weighted by molar-refractivity contribution is 9.10. The standard InChI is InChI=1S/C23H21BrCl3NO2.ClH/c1-29-22-11-16(13-28-9-8-17-4-7-19(26)12-21(17)27)10-20(24)23(22)30-14-15-2-5-18(25)6-3-15;/h2-7,10-12,28H,8-9,13-14H2,1H3;1H. The van der Waals surface area contributed by atoms with Gasteiger partial charge in [-0.05, 0) is 82.0 Å². The lowest BCUT2D eigenvalue weighted by molar-refractivity contribution is 0.282. The summed E-state index contributed by atoms with van der Waals surface area (Å²) in [6.45, 7) is 1.90. The Morgan fingerprint density at radius 1 is 0.903 bits per heavy atom. The first kappa shape index (κ1) is 26.1. The lowest BCUT2D eigenvalue weighted by Crippen LogP contribution is -2.17. The molecule has 3 nitrogen and oxygen atoms in total. The van der Waals surface area contributed by atoms with Crippen LogP contribution in [0.25, 0.3) is 0 Å². The van der Waals surface area contributed by atoms with Gasteiger partial charge in [0.15, 0.2) is 11.5 Å². The van der Waals surface area contributed by atoms with Gasteiger partial charge in [0.25, 0.3) is 0 Å². The van der Waals surface area contributed by atoms with Crippen LogP contribution in [0.15, 0.2) is 59.1 Å². The molecule has 0 saturated carbocycles. The molecule has 31 heavy (non-hydrogen) atoms. The summed E-state index contributed by atoms with van der Waals surface area (Å²) in [6.07, 6.45) is 0.816. The van der Waals surface area contributed by atoms with E-state index in [0.29, 0.717) is 39.7 Å². The first-order valence-corrected chi connectivity index (χ1v) is 11.3. The molecule has 3 aromatic rings. The second-order valence-electron chi connectivity index (χ2n) is 6.69. The van der Waals surface area contributed by atoms with E-state index in [0.717, 1.165) is 34.1 Å². The van der Waals surface area contributed by atoms with Gasteiger partial charge < -0.3 is 14.8 Å². The summed E-state index contributed by atoms with van der Waals surface area (Å²) >= 11 is 21.7. The molecule has 3 aromatic carbocycles. The summed E-state index contributed by atoms with van der Waals surface area (Å²) in [4.78, 5) is 0. The van der Waals surface area contributed by atoms with Gasteiger partial charge in [-0.3, -0.25) is 0 Å². The molecule has 3 rings (SSSR count). The number of benzene rings is 3. The Morgan fingerprint density at radius 3 is 2.29 bits per heavy atom. The molecule has 0 spiro atoms. The van der Waals surface area contributed by atoms with E-state index in [9.17, 15) is 0 Å². The van der Waals surface area contributed by atoms with E-state index < -0.39 is 0 Å². The number of halogens is 5. The van der Waals surface area contributed by atoms with Crippen molar-refractivity contribution < 1.29 is 9.47 Å². The van der Waals surface area contributed by atoms with E-state index in [1.807, 2.05) is 48.5 Å². The monoisotopic (exact) mass is 563 g/mol.